The number of unbranched alkanes of at least 4 members (excludes halogenated alkanes) is 1. The van der Waals surface area contributed by atoms with E-state index >= 15 is 0 Å². The van der Waals surface area contributed by atoms with Crippen molar-refractivity contribution in [3.63, 3.8) is 0 Å². The predicted molar refractivity (Wildman–Crippen MR) is 127 cm³/mol. The highest BCUT2D eigenvalue weighted by Gasteiger charge is 2.42. The number of para-hydroxylation sites is 1. The quantitative estimate of drug-likeness (QED) is 0.242. The highest BCUT2D eigenvalue weighted by atomic mass is 32.2. The molecule has 0 radical (unpaired) electrons. The van der Waals surface area contributed by atoms with Crippen molar-refractivity contribution in [1.82, 2.24) is 15.5 Å². The lowest BCUT2D eigenvalue weighted by molar-refractivity contribution is -0.148. The summed E-state index contributed by atoms with van der Waals surface area (Å²) >= 11 is 1.86. The van der Waals surface area contributed by atoms with Gasteiger partial charge in [0.05, 0.1) is 18.7 Å². The number of hydrogen-bond acceptors (Lipinski definition) is 6. The summed E-state index contributed by atoms with van der Waals surface area (Å²) in [6.07, 6.45) is 3.62. The van der Waals surface area contributed by atoms with E-state index in [9.17, 15) is 19.2 Å². The molecule has 9 nitrogen and oxygen atoms in total. The number of thioether (sulfide) groups is 1. The van der Waals surface area contributed by atoms with E-state index in [-0.39, 0.29) is 49.5 Å². The third-order valence-electron chi connectivity index (χ3n) is 5.73. The van der Waals surface area contributed by atoms with Gasteiger partial charge in [-0.05, 0) is 31.4 Å². The zero-order valence-corrected chi connectivity index (χ0v) is 19.7. The van der Waals surface area contributed by atoms with Gasteiger partial charge in [0.2, 0.25) is 11.8 Å². The lowest BCUT2D eigenvalue weighted by atomic mass is 10.0. The molecular weight excluding hydrogens is 444 g/mol. The van der Waals surface area contributed by atoms with Crippen molar-refractivity contribution in [2.24, 2.45) is 0 Å². The van der Waals surface area contributed by atoms with Crippen LogP contribution in [0.25, 0.3) is 0 Å². The number of ether oxygens (including phenoxy) is 1. The minimum atomic E-state index is -0.479. The van der Waals surface area contributed by atoms with Gasteiger partial charge in [0.1, 0.15) is 6.54 Å². The molecule has 0 aliphatic carbocycles. The van der Waals surface area contributed by atoms with Crippen LogP contribution in [0.5, 0.6) is 0 Å². The Hall–Kier alpha value is -2.75. The fraction of sp³-hybridized carbons (Fsp3) is 0.565. The maximum Gasteiger partial charge on any atom is 0.325 e. The second-order valence-corrected chi connectivity index (χ2v) is 9.63. The largest absolute Gasteiger partial charge is 0.464 e. The Morgan fingerprint density at radius 3 is 2.70 bits per heavy atom. The van der Waals surface area contributed by atoms with Crippen LogP contribution in [0.1, 0.15) is 38.5 Å². The second kappa shape index (κ2) is 12.5. The molecule has 1 aromatic carbocycles. The van der Waals surface area contributed by atoms with E-state index in [4.69, 9.17) is 4.74 Å². The van der Waals surface area contributed by atoms with Crippen molar-refractivity contribution in [2.45, 2.75) is 55.9 Å². The van der Waals surface area contributed by atoms with Crippen molar-refractivity contribution in [1.29, 1.82) is 0 Å². The summed E-state index contributed by atoms with van der Waals surface area (Å²) in [4.78, 5) is 48.9. The number of rotatable bonds is 12. The number of carbonyl (C=O) groups is 4. The Morgan fingerprint density at radius 2 is 1.91 bits per heavy atom. The van der Waals surface area contributed by atoms with Gasteiger partial charge in [-0.2, -0.15) is 11.8 Å². The Labute approximate surface area is 198 Å². The van der Waals surface area contributed by atoms with E-state index in [1.807, 2.05) is 30.0 Å². The van der Waals surface area contributed by atoms with Crippen LogP contribution >= 0.6 is 11.8 Å². The van der Waals surface area contributed by atoms with Gasteiger partial charge in [-0.3, -0.25) is 14.4 Å². The maximum atomic E-state index is 12.3. The molecule has 10 heteroatoms. The molecule has 0 spiro atoms. The minimum absolute atomic E-state index is 0.0885. The first-order chi connectivity index (χ1) is 15.9. The summed E-state index contributed by atoms with van der Waals surface area (Å²) in [6, 6.07) is 9.47. The summed E-state index contributed by atoms with van der Waals surface area (Å²) in [5.41, 5.74) is 0.730. The van der Waals surface area contributed by atoms with Gasteiger partial charge in [-0.15, -0.1) is 0 Å². The number of fused-ring (bicyclic) bond motifs is 1. The number of urea groups is 1. The number of esters is 1. The molecular formula is C23H32N4O5S. The molecule has 3 unspecified atom stereocenters. The van der Waals surface area contributed by atoms with Crippen LogP contribution in [0.15, 0.2) is 30.3 Å². The van der Waals surface area contributed by atoms with Crippen LogP contribution in [-0.4, -0.2) is 72.0 Å². The van der Waals surface area contributed by atoms with E-state index in [0.29, 0.717) is 18.1 Å². The lowest BCUT2D eigenvalue weighted by Gasteiger charge is -2.18. The summed E-state index contributed by atoms with van der Waals surface area (Å²) in [5, 5.41) is 9.06. The topological polar surface area (TPSA) is 117 Å². The molecule has 3 atom stereocenters. The highest BCUT2D eigenvalue weighted by Crippen LogP contribution is 2.33. The monoisotopic (exact) mass is 476 g/mol. The Bertz CT molecular complexity index is 837. The normalized spacial score (nSPS) is 21.0. The molecule has 1 aromatic rings. The molecule has 0 saturated carbocycles. The molecule has 2 aliphatic rings. The zero-order chi connectivity index (χ0) is 23.6. The molecule has 0 aromatic heterocycles. The number of benzene rings is 1. The zero-order valence-electron chi connectivity index (χ0n) is 18.9. The molecule has 0 bridgehead atoms. The third kappa shape index (κ3) is 7.96. The second-order valence-electron chi connectivity index (χ2n) is 8.36. The minimum Gasteiger partial charge on any atom is -0.464 e. The van der Waals surface area contributed by atoms with E-state index in [1.54, 1.807) is 19.2 Å². The Kier molecular flexibility index (Phi) is 9.41. The molecule has 2 heterocycles. The van der Waals surface area contributed by atoms with Crippen molar-refractivity contribution in [2.75, 3.05) is 31.3 Å². The van der Waals surface area contributed by atoms with Gasteiger partial charge < -0.3 is 25.6 Å². The van der Waals surface area contributed by atoms with Gasteiger partial charge in [-0.25, -0.2) is 4.79 Å². The van der Waals surface area contributed by atoms with E-state index in [1.165, 1.54) is 4.90 Å². The number of carbonyl (C=O) groups excluding carboxylic acids is 4. The van der Waals surface area contributed by atoms with Crippen molar-refractivity contribution in [3.8, 4) is 0 Å². The first kappa shape index (κ1) is 24.9. The number of nitrogens with one attached hydrogen (secondary N) is 3. The van der Waals surface area contributed by atoms with Crippen LogP contribution in [0.3, 0.4) is 0 Å². The molecule has 3 N–H and O–H groups in total. The smallest absolute Gasteiger partial charge is 0.325 e. The van der Waals surface area contributed by atoms with Crippen molar-refractivity contribution in [3.05, 3.63) is 30.3 Å². The van der Waals surface area contributed by atoms with Crippen LogP contribution < -0.4 is 16.0 Å². The molecule has 2 fully saturated rings. The van der Waals surface area contributed by atoms with Crippen LogP contribution in [0.4, 0.5) is 10.5 Å². The van der Waals surface area contributed by atoms with Crippen molar-refractivity contribution >= 4 is 41.3 Å². The van der Waals surface area contributed by atoms with Crippen LogP contribution in [0, 0.1) is 0 Å². The SMILES string of the molecule is CN(CC(=O)OCCCC(=O)Nc1ccccc1)C(=O)CCCCC1SCC2NC(=O)NC21. The lowest BCUT2D eigenvalue weighted by Crippen LogP contribution is -2.36. The fourth-order valence-electron chi connectivity index (χ4n) is 3.95. The first-order valence-electron chi connectivity index (χ1n) is 11.4. The summed E-state index contributed by atoms with van der Waals surface area (Å²) in [7, 11) is 1.59. The number of likely N-dealkylation sites (N-methyl/N-ethyl adjacent to an activating group) is 1. The first-order valence-corrected chi connectivity index (χ1v) is 12.4. The van der Waals surface area contributed by atoms with Crippen LogP contribution in [-0.2, 0) is 19.1 Å². The van der Waals surface area contributed by atoms with Gasteiger partial charge in [-0.1, -0.05) is 24.6 Å². The average molecular weight is 477 g/mol. The summed E-state index contributed by atoms with van der Waals surface area (Å²) in [5.74, 6) is 0.215. The highest BCUT2D eigenvalue weighted by molar-refractivity contribution is 8.00. The Morgan fingerprint density at radius 1 is 1.12 bits per heavy atom. The number of amides is 4. The fourth-order valence-corrected chi connectivity index (χ4v) is 5.49. The summed E-state index contributed by atoms with van der Waals surface area (Å²) < 4.78 is 5.15. The van der Waals surface area contributed by atoms with Crippen LogP contribution in [0.2, 0.25) is 0 Å². The number of hydrogen-bond donors (Lipinski definition) is 3. The molecule has 2 saturated heterocycles. The summed E-state index contributed by atoms with van der Waals surface area (Å²) in [6.45, 7) is 0.0324. The van der Waals surface area contributed by atoms with E-state index in [2.05, 4.69) is 16.0 Å². The average Bonchev–Trinajstić information content (AvgIpc) is 3.34. The van der Waals surface area contributed by atoms with Gasteiger partial charge >= 0.3 is 12.0 Å². The number of anilines is 1. The number of nitrogens with zero attached hydrogens (tertiary/aromatic N) is 1. The van der Waals surface area contributed by atoms with E-state index < -0.39 is 5.97 Å². The molecule has 180 valence electrons. The van der Waals surface area contributed by atoms with Gasteiger partial charge in [0.15, 0.2) is 0 Å². The third-order valence-corrected chi connectivity index (χ3v) is 7.24. The standard InChI is InChI=1S/C23H32N4O5S/c1-27(14-21(30)32-13-7-11-19(28)24-16-8-3-2-4-9-16)20(29)12-6-5-10-18-22-17(15-33-18)25-23(31)26-22/h2-4,8-9,17-18,22H,5-7,10-15H2,1H3,(H,24,28)(H2,25,26,31). The van der Waals surface area contributed by atoms with Gasteiger partial charge in [0, 0.05) is 36.6 Å². The maximum absolute atomic E-state index is 12.3. The predicted octanol–water partition coefficient (Wildman–Crippen LogP) is 2.13. The van der Waals surface area contributed by atoms with Crippen molar-refractivity contribution < 1.29 is 23.9 Å². The molecule has 2 aliphatic heterocycles. The molecule has 4 amide bonds. The van der Waals surface area contributed by atoms with E-state index in [0.717, 1.165) is 30.7 Å². The Balaban J connectivity index is 1.21. The molecule has 3 rings (SSSR count). The van der Waals surface area contributed by atoms with Gasteiger partial charge in [0.25, 0.3) is 0 Å². The molecule has 33 heavy (non-hydrogen) atoms.